The summed E-state index contributed by atoms with van der Waals surface area (Å²) in [6, 6.07) is 1.94. The summed E-state index contributed by atoms with van der Waals surface area (Å²) in [5.41, 5.74) is -0.225. The van der Waals surface area contributed by atoms with Crippen LogP contribution in [0.15, 0.2) is 12.1 Å². The van der Waals surface area contributed by atoms with E-state index in [1.807, 2.05) is 6.92 Å². The Hall–Kier alpha value is -1.69. The average Bonchev–Trinajstić information content (AvgIpc) is 2.44. The summed E-state index contributed by atoms with van der Waals surface area (Å²) in [7, 11) is 1.57. The van der Waals surface area contributed by atoms with E-state index in [-0.39, 0.29) is 17.3 Å². The highest BCUT2D eigenvalue weighted by Crippen LogP contribution is 2.21. The van der Waals surface area contributed by atoms with Crippen molar-refractivity contribution in [3.8, 4) is 0 Å². The van der Waals surface area contributed by atoms with Crippen molar-refractivity contribution in [1.29, 1.82) is 0 Å². The lowest BCUT2D eigenvalue weighted by molar-refractivity contribution is 0.0928. The molecule has 6 heteroatoms. The zero-order valence-electron chi connectivity index (χ0n) is 12.6. The molecule has 1 amide bonds. The molecule has 0 saturated carbocycles. The molecule has 0 saturated heterocycles. The summed E-state index contributed by atoms with van der Waals surface area (Å²) in [6.45, 7) is 4.67. The second-order valence-corrected chi connectivity index (χ2v) is 4.90. The number of halogens is 2. The molecule has 0 aliphatic rings. The van der Waals surface area contributed by atoms with Gasteiger partial charge in [-0.05, 0) is 31.9 Å². The maximum Gasteiger partial charge on any atom is 0.251 e. The van der Waals surface area contributed by atoms with Gasteiger partial charge in [-0.3, -0.25) is 4.79 Å². The molecule has 4 nitrogen and oxygen atoms in total. The molecule has 0 bridgehead atoms. The molecular weight excluding hydrogens is 278 g/mol. The summed E-state index contributed by atoms with van der Waals surface area (Å²) in [6.07, 6.45) is 1.38. The van der Waals surface area contributed by atoms with Crippen molar-refractivity contribution in [3.63, 3.8) is 0 Å². The van der Waals surface area contributed by atoms with Crippen molar-refractivity contribution >= 4 is 11.6 Å². The molecule has 118 valence electrons. The molecule has 0 aliphatic carbocycles. The van der Waals surface area contributed by atoms with Crippen molar-refractivity contribution in [2.24, 2.45) is 0 Å². The number of carbonyl (C=O) groups is 1. The van der Waals surface area contributed by atoms with E-state index in [9.17, 15) is 13.6 Å². The number of methoxy groups -OCH3 is 1. The van der Waals surface area contributed by atoms with E-state index >= 15 is 0 Å². The Labute approximate surface area is 123 Å². The summed E-state index contributed by atoms with van der Waals surface area (Å²) in [4.78, 5) is 11.9. The lowest BCUT2D eigenvalue weighted by Crippen LogP contribution is -2.33. The van der Waals surface area contributed by atoms with Gasteiger partial charge in [0, 0.05) is 31.9 Å². The Balaban J connectivity index is 2.77. The third-order valence-electron chi connectivity index (χ3n) is 2.99. The summed E-state index contributed by atoms with van der Waals surface area (Å²) < 4.78 is 32.6. The first-order valence-corrected chi connectivity index (χ1v) is 7.02. The van der Waals surface area contributed by atoms with Crippen LogP contribution < -0.4 is 10.6 Å². The lowest BCUT2D eigenvalue weighted by atomic mass is 10.1. The molecule has 0 aliphatic heterocycles. The van der Waals surface area contributed by atoms with Crippen LogP contribution in [0.3, 0.4) is 0 Å². The number of benzene rings is 1. The fraction of sp³-hybridized carbons (Fsp3) is 0.533. The van der Waals surface area contributed by atoms with Crippen molar-refractivity contribution in [3.05, 3.63) is 29.3 Å². The summed E-state index contributed by atoms with van der Waals surface area (Å²) in [5.74, 6) is -2.03. The Morgan fingerprint density at radius 3 is 2.48 bits per heavy atom. The molecule has 0 radical (unpaired) electrons. The molecule has 0 aromatic heterocycles. The normalized spacial score (nSPS) is 12.0. The van der Waals surface area contributed by atoms with Crippen LogP contribution in [0, 0.1) is 11.6 Å². The summed E-state index contributed by atoms with van der Waals surface area (Å²) in [5, 5.41) is 5.34. The monoisotopic (exact) mass is 300 g/mol. The van der Waals surface area contributed by atoms with Crippen LogP contribution in [0.2, 0.25) is 0 Å². The average molecular weight is 300 g/mol. The first-order valence-electron chi connectivity index (χ1n) is 7.02. The van der Waals surface area contributed by atoms with Crippen molar-refractivity contribution in [2.75, 3.05) is 25.6 Å². The Morgan fingerprint density at radius 1 is 1.33 bits per heavy atom. The number of rotatable bonds is 8. The predicted octanol–water partition coefficient (Wildman–Crippen LogP) is 2.94. The lowest BCUT2D eigenvalue weighted by Gasteiger charge is -2.14. The standard InChI is InChI=1S/C15H22F2N2O2/c1-4-6-18-14-12(16)8-11(9-13(14)17)15(20)19-10(2)5-7-21-3/h8-10,18H,4-7H2,1-3H3,(H,19,20). The second-order valence-electron chi connectivity index (χ2n) is 4.90. The van der Waals surface area contributed by atoms with E-state index < -0.39 is 17.5 Å². The zero-order valence-corrected chi connectivity index (χ0v) is 12.6. The van der Waals surface area contributed by atoms with Crippen LogP contribution in [0.1, 0.15) is 37.0 Å². The van der Waals surface area contributed by atoms with Gasteiger partial charge in [0.15, 0.2) is 0 Å². The van der Waals surface area contributed by atoms with Gasteiger partial charge in [0.05, 0.1) is 0 Å². The number of hydrogen-bond acceptors (Lipinski definition) is 3. The predicted molar refractivity (Wildman–Crippen MR) is 78.6 cm³/mol. The van der Waals surface area contributed by atoms with Crippen LogP contribution in [-0.4, -0.2) is 32.2 Å². The van der Waals surface area contributed by atoms with Crippen LogP contribution in [0.5, 0.6) is 0 Å². The van der Waals surface area contributed by atoms with Gasteiger partial charge >= 0.3 is 0 Å². The second kappa shape index (κ2) is 8.56. The van der Waals surface area contributed by atoms with Gasteiger partial charge in [0.2, 0.25) is 0 Å². The third-order valence-corrected chi connectivity index (χ3v) is 2.99. The van der Waals surface area contributed by atoms with Gasteiger partial charge in [-0.2, -0.15) is 0 Å². The van der Waals surface area contributed by atoms with Gasteiger partial charge in [-0.15, -0.1) is 0 Å². The molecule has 1 atom stereocenters. The fourth-order valence-corrected chi connectivity index (χ4v) is 1.80. The SMILES string of the molecule is CCCNc1c(F)cc(C(=O)NC(C)CCOC)cc1F. The van der Waals surface area contributed by atoms with Gasteiger partial charge in [0.25, 0.3) is 5.91 Å². The molecule has 1 aromatic rings. The third kappa shape index (κ3) is 5.30. The van der Waals surface area contributed by atoms with Gasteiger partial charge in [-0.25, -0.2) is 8.78 Å². The minimum absolute atomic E-state index is 0.0312. The Bertz CT molecular complexity index is 458. The smallest absolute Gasteiger partial charge is 0.251 e. The van der Waals surface area contributed by atoms with E-state index in [0.717, 1.165) is 18.6 Å². The molecule has 1 aromatic carbocycles. The highest BCUT2D eigenvalue weighted by molar-refractivity contribution is 5.94. The van der Waals surface area contributed by atoms with E-state index in [2.05, 4.69) is 10.6 Å². The van der Waals surface area contributed by atoms with Crippen LogP contribution in [0.4, 0.5) is 14.5 Å². The largest absolute Gasteiger partial charge is 0.385 e. The van der Waals surface area contributed by atoms with E-state index in [1.165, 1.54) is 0 Å². The van der Waals surface area contributed by atoms with Crippen molar-refractivity contribution in [2.45, 2.75) is 32.7 Å². The molecule has 0 spiro atoms. The number of hydrogen-bond donors (Lipinski definition) is 2. The van der Waals surface area contributed by atoms with Crippen LogP contribution in [0.25, 0.3) is 0 Å². The molecule has 2 N–H and O–H groups in total. The van der Waals surface area contributed by atoms with Gasteiger partial charge in [-0.1, -0.05) is 6.92 Å². The van der Waals surface area contributed by atoms with Crippen LogP contribution in [-0.2, 0) is 4.74 Å². The first-order chi connectivity index (χ1) is 9.99. The number of nitrogens with one attached hydrogen (secondary N) is 2. The Kier molecular flexibility index (Phi) is 7.08. The molecular formula is C15H22F2N2O2. The number of anilines is 1. The molecule has 0 heterocycles. The minimum Gasteiger partial charge on any atom is -0.385 e. The topological polar surface area (TPSA) is 50.4 Å². The Morgan fingerprint density at radius 2 is 1.95 bits per heavy atom. The van der Waals surface area contributed by atoms with Crippen LogP contribution >= 0.6 is 0 Å². The minimum atomic E-state index is -0.766. The number of ether oxygens (including phenoxy) is 1. The number of carbonyl (C=O) groups excluding carboxylic acids is 1. The number of amides is 1. The summed E-state index contributed by atoms with van der Waals surface area (Å²) >= 11 is 0. The molecule has 1 unspecified atom stereocenters. The van der Waals surface area contributed by atoms with Gasteiger partial charge in [0.1, 0.15) is 17.3 Å². The molecule has 0 fully saturated rings. The zero-order chi connectivity index (χ0) is 15.8. The maximum absolute atomic E-state index is 13.8. The fourth-order valence-electron chi connectivity index (χ4n) is 1.80. The van der Waals surface area contributed by atoms with Gasteiger partial charge < -0.3 is 15.4 Å². The molecule has 21 heavy (non-hydrogen) atoms. The van der Waals surface area contributed by atoms with E-state index in [4.69, 9.17) is 4.74 Å². The molecule has 1 rings (SSSR count). The maximum atomic E-state index is 13.8. The highest BCUT2D eigenvalue weighted by Gasteiger charge is 2.16. The van der Waals surface area contributed by atoms with Crippen molar-refractivity contribution in [1.82, 2.24) is 5.32 Å². The van der Waals surface area contributed by atoms with Crippen molar-refractivity contribution < 1.29 is 18.3 Å². The quantitative estimate of drug-likeness (QED) is 0.776. The van der Waals surface area contributed by atoms with E-state index in [0.29, 0.717) is 19.6 Å². The van der Waals surface area contributed by atoms with E-state index in [1.54, 1.807) is 14.0 Å². The first kappa shape index (κ1) is 17.4. The highest BCUT2D eigenvalue weighted by atomic mass is 19.1.